The average Bonchev–Trinajstić information content (AvgIpc) is 3.71. The van der Waals surface area contributed by atoms with Crippen LogP contribution in [0.25, 0.3) is 0 Å². The Hall–Kier alpha value is -4.28. The Morgan fingerprint density at radius 3 is 2.03 bits per heavy atom. The lowest BCUT2D eigenvalue weighted by Crippen LogP contribution is -2.60. The lowest BCUT2D eigenvalue weighted by molar-refractivity contribution is -0.159. The van der Waals surface area contributed by atoms with Gasteiger partial charge in [-0.15, -0.1) is 0 Å². The molecule has 370 valence electrons. The zero-order chi connectivity index (χ0) is 49.3. The Kier molecular flexibility index (Phi) is 23.4. The first-order valence-corrected chi connectivity index (χ1v) is 23.5. The molecule has 0 aliphatic carbocycles. The Morgan fingerprint density at radius 1 is 0.877 bits per heavy atom. The first-order valence-electron chi connectivity index (χ1n) is 23.5. The summed E-state index contributed by atoms with van der Waals surface area (Å²) in [7, 11) is 6.61. The van der Waals surface area contributed by atoms with E-state index in [0.29, 0.717) is 44.3 Å². The molecule has 1 fully saturated rings. The second-order valence-corrected chi connectivity index (χ2v) is 19.7. The van der Waals surface area contributed by atoms with E-state index in [9.17, 15) is 33.9 Å². The van der Waals surface area contributed by atoms with E-state index in [4.69, 9.17) is 19.3 Å². The van der Waals surface area contributed by atoms with Crippen molar-refractivity contribution in [3.63, 3.8) is 0 Å². The number of carboxylic acids is 1. The highest BCUT2D eigenvalue weighted by Crippen LogP contribution is 2.30. The molecule has 1 unspecified atom stereocenters. The van der Waals surface area contributed by atoms with Crippen LogP contribution in [0.15, 0.2) is 24.3 Å². The van der Waals surface area contributed by atoms with E-state index >= 15 is 0 Å². The number of hydrogen-bond acceptors (Lipinski definition) is 11. The summed E-state index contributed by atoms with van der Waals surface area (Å²) in [6.45, 7) is 19.7. The molecule has 16 nitrogen and oxygen atoms in total. The molecule has 1 aliphatic rings. The zero-order valence-electron chi connectivity index (χ0n) is 41.8. The third-order valence-electron chi connectivity index (χ3n) is 12.6. The topological polar surface area (TPSA) is 204 Å². The molecular weight excluding hydrogens is 835 g/mol. The van der Waals surface area contributed by atoms with Crippen molar-refractivity contribution < 1.29 is 53.2 Å². The molecule has 0 aromatic heterocycles. The van der Waals surface area contributed by atoms with Gasteiger partial charge in [0.15, 0.2) is 0 Å². The van der Waals surface area contributed by atoms with E-state index < -0.39 is 71.8 Å². The van der Waals surface area contributed by atoms with E-state index in [2.05, 4.69) is 10.6 Å². The predicted molar refractivity (Wildman–Crippen MR) is 250 cm³/mol. The van der Waals surface area contributed by atoms with E-state index in [0.717, 1.165) is 12.8 Å². The standard InChI is InChI=1S/C49H83N5O11/c1-15-32(6)43(53(12)47(61)41(30(2)3)51-46(60)42(31(4)5)52(11)26-18-16-17-21-40(57)58)38(63-13)29-39(56)54-27-19-20-37(54)44(64-14)33(7)45(59)50-36(48(62)65-49(8,9)10)28-34-22-24-35(55)25-23-34/h22-25,30-33,36-38,41-44,55H,15-21,26-29H2,1-14H3,(H,50,59)(H,51,60)(H,57,58)/t32-,33+,36-,37-,38+,41-,42?,43-,44+/m0/s1. The maximum absolute atomic E-state index is 14.5. The van der Waals surface area contributed by atoms with Crippen LogP contribution >= 0.6 is 0 Å². The summed E-state index contributed by atoms with van der Waals surface area (Å²) >= 11 is 0. The molecular formula is C49H83N5O11. The molecule has 4 N–H and O–H groups in total. The number of aromatic hydroxyl groups is 1. The van der Waals surface area contributed by atoms with Gasteiger partial charge in [0.1, 0.15) is 23.4 Å². The van der Waals surface area contributed by atoms with E-state index in [-0.39, 0.29) is 60.5 Å². The summed E-state index contributed by atoms with van der Waals surface area (Å²) in [5.74, 6) is -3.75. The van der Waals surface area contributed by atoms with Crippen LogP contribution in [-0.4, -0.2) is 150 Å². The molecule has 4 amide bonds. The lowest BCUT2D eigenvalue weighted by Gasteiger charge is -2.41. The predicted octanol–water partition coefficient (Wildman–Crippen LogP) is 5.42. The molecule has 0 spiro atoms. The third-order valence-corrected chi connectivity index (χ3v) is 12.6. The van der Waals surface area contributed by atoms with Crippen molar-refractivity contribution in [3.05, 3.63) is 29.8 Å². The van der Waals surface area contributed by atoms with Gasteiger partial charge in [-0.05, 0) is 95.5 Å². The lowest BCUT2D eigenvalue weighted by atomic mass is 9.89. The fraction of sp³-hybridized carbons (Fsp3) is 0.755. The van der Waals surface area contributed by atoms with Gasteiger partial charge in [-0.3, -0.25) is 28.9 Å². The first-order chi connectivity index (χ1) is 30.4. The number of hydrogen-bond donors (Lipinski definition) is 4. The largest absolute Gasteiger partial charge is 0.508 e. The van der Waals surface area contributed by atoms with Crippen LogP contribution in [0.2, 0.25) is 0 Å². The number of amides is 4. The molecule has 0 radical (unpaired) electrons. The van der Waals surface area contributed by atoms with Gasteiger partial charge in [0.2, 0.25) is 23.6 Å². The van der Waals surface area contributed by atoms with Gasteiger partial charge in [-0.1, -0.05) is 73.4 Å². The number of rotatable bonds is 27. The number of ether oxygens (including phenoxy) is 3. The number of phenols is 1. The number of carbonyl (C=O) groups is 6. The van der Waals surface area contributed by atoms with Gasteiger partial charge in [0, 0.05) is 40.7 Å². The number of esters is 1. The normalized spacial score (nSPS) is 18.0. The molecule has 65 heavy (non-hydrogen) atoms. The quantitative estimate of drug-likeness (QED) is 0.0646. The highest BCUT2D eigenvalue weighted by molar-refractivity contribution is 5.90. The monoisotopic (exact) mass is 918 g/mol. The fourth-order valence-electron chi connectivity index (χ4n) is 8.98. The van der Waals surface area contributed by atoms with Crippen LogP contribution in [0.1, 0.15) is 126 Å². The summed E-state index contributed by atoms with van der Waals surface area (Å²) in [6, 6.07) is 3.00. The van der Waals surface area contributed by atoms with E-state index in [1.54, 1.807) is 56.7 Å². The van der Waals surface area contributed by atoms with Gasteiger partial charge >= 0.3 is 11.9 Å². The van der Waals surface area contributed by atoms with Gasteiger partial charge in [0.05, 0.1) is 42.7 Å². The molecule has 1 aromatic rings. The number of aliphatic carboxylic acids is 1. The summed E-state index contributed by atoms with van der Waals surface area (Å²) in [4.78, 5) is 86.6. The summed E-state index contributed by atoms with van der Waals surface area (Å²) in [5, 5.41) is 24.7. The second kappa shape index (κ2) is 26.8. The molecule has 16 heteroatoms. The molecule has 1 aliphatic heterocycles. The highest BCUT2D eigenvalue weighted by atomic mass is 16.6. The minimum absolute atomic E-state index is 0.0463. The van der Waals surface area contributed by atoms with E-state index in [1.165, 1.54) is 26.4 Å². The number of unbranched alkanes of at least 4 members (excludes halogenated alkanes) is 2. The average molecular weight is 918 g/mol. The smallest absolute Gasteiger partial charge is 0.329 e. The molecule has 1 saturated heterocycles. The van der Waals surface area contributed by atoms with Crippen LogP contribution in [0, 0.1) is 23.7 Å². The van der Waals surface area contributed by atoms with Crippen LogP contribution in [-0.2, 0) is 49.4 Å². The molecule has 2 rings (SSSR count). The first kappa shape index (κ1) is 56.8. The molecule has 1 heterocycles. The van der Waals surface area contributed by atoms with Crippen molar-refractivity contribution in [2.75, 3.05) is 41.4 Å². The van der Waals surface area contributed by atoms with Crippen molar-refractivity contribution in [2.45, 2.75) is 175 Å². The summed E-state index contributed by atoms with van der Waals surface area (Å²) in [5.41, 5.74) is -0.0878. The number of methoxy groups -OCH3 is 2. The van der Waals surface area contributed by atoms with Gasteiger partial charge in [-0.2, -0.15) is 0 Å². The Balaban J connectivity index is 2.29. The van der Waals surface area contributed by atoms with Crippen molar-refractivity contribution in [1.29, 1.82) is 0 Å². The summed E-state index contributed by atoms with van der Waals surface area (Å²) in [6.07, 6.45) is 2.75. The van der Waals surface area contributed by atoms with Gasteiger partial charge < -0.3 is 44.9 Å². The van der Waals surface area contributed by atoms with Crippen LogP contribution < -0.4 is 10.6 Å². The molecule has 9 atom stereocenters. The Bertz CT molecular complexity index is 1680. The maximum atomic E-state index is 14.5. The number of nitrogens with one attached hydrogen (secondary N) is 2. The van der Waals surface area contributed by atoms with E-state index in [1.807, 2.05) is 53.5 Å². The number of benzene rings is 1. The number of likely N-dealkylation sites (N-methyl/N-ethyl adjacent to an activating group) is 2. The van der Waals surface area contributed by atoms with Crippen LogP contribution in [0.5, 0.6) is 5.75 Å². The Morgan fingerprint density at radius 2 is 1.51 bits per heavy atom. The molecule has 0 bridgehead atoms. The number of nitrogens with zero attached hydrogens (tertiary/aromatic N) is 3. The van der Waals surface area contributed by atoms with Crippen LogP contribution in [0.4, 0.5) is 0 Å². The SMILES string of the molecule is CC[C@H](C)[C@@H]([C@@H](CC(=O)N1CCC[C@H]1[C@H](OC)[C@@H](C)C(=O)N[C@@H](Cc1ccc(O)cc1)C(=O)OC(C)(C)C)OC)N(C)C(=O)[C@@H](NC(=O)C(C(C)C)N(C)CCCCCC(=O)O)C(C)C. The van der Waals surface area contributed by atoms with Crippen molar-refractivity contribution in [2.24, 2.45) is 23.7 Å². The third kappa shape index (κ3) is 17.5. The zero-order valence-corrected chi connectivity index (χ0v) is 41.8. The Labute approximate surface area is 388 Å². The minimum atomic E-state index is -1.03. The van der Waals surface area contributed by atoms with Crippen molar-refractivity contribution in [1.82, 2.24) is 25.3 Å². The number of phenolic OH excluding ortho intramolecular Hbond substituents is 1. The minimum Gasteiger partial charge on any atom is -0.508 e. The van der Waals surface area contributed by atoms with Crippen molar-refractivity contribution in [3.8, 4) is 5.75 Å². The maximum Gasteiger partial charge on any atom is 0.329 e. The fourth-order valence-corrected chi connectivity index (χ4v) is 8.98. The molecule has 0 saturated carbocycles. The van der Waals surface area contributed by atoms with Gasteiger partial charge in [0.25, 0.3) is 0 Å². The number of carbonyl (C=O) groups excluding carboxylic acids is 5. The number of carboxylic acid groups (broad SMARTS) is 1. The van der Waals surface area contributed by atoms with Crippen LogP contribution in [0.3, 0.4) is 0 Å². The molecule has 1 aromatic carbocycles. The number of likely N-dealkylation sites (tertiary alicyclic amines) is 1. The second-order valence-electron chi connectivity index (χ2n) is 19.7. The summed E-state index contributed by atoms with van der Waals surface area (Å²) < 4.78 is 17.7. The highest BCUT2D eigenvalue weighted by Gasteiger charge is 2.44. The van der Waals surface area contributed by atoms with Gasteiger partial charge in [-0.25, -0.2) is 4.79 Å². The van der Waals surface area contributed by atoms with Crippen molar-refractivity contribution >= 4 is 35.6 Å².